The number of para-hydroxylation sites is 1. The number of anilines is 2. The highest BCUT2D eigenvalue weighted by Crippen LogP contribution is 2.24. The van der Waals surface area contributed by atoms with Gasteiger partial charge in [-0.1, -0.05) is 12.1 Å². The minimum atomic E-state index is -3.46. The van der Waals surface area contributed by atoms with Crippen LogP contribution in [0.15, 0.2) is 53.4 Å². The minimum absolute atomic E-state index is 0.0522. The van der Waals surface area contributed by atoms with Gasteiger partial charge in [-0.25, -0.2) is 12.8 Å². The molecule has 0 radical (unpaired) electrons. The van der Waals surface area contributed by atoms with E-state index in [0.717, 1.165) is 4.90 Å². The lowest BCUT2D eigenvalue weighted by Gasteiger charge is -2.08. The van der Waals surface area contributed by atoms with Crippen molar-refractivity contribution in [3.05, 3.63) is 54.3 Å². The van der Waals surface area contributed by atoms with Crippen molar-refractivity contribution in [1.29, 1.82) is 0 Å². The predicted octanol–water partition coefficient (Wildman–Crippen LogP) is 2.94. The molecule has 7 heteroatoms. The molecule has 0 unspecified atom stereocenters. The summed E-state index contributed by atoms with van der Waals surface area (Å²) in [4.78, 5) is 0.856. The van der Waals surface area contributed by atoms with Crippen LogP contribution >= 0.6 is 11.8 Å². The number of hydrogen-bond donors (Lipinski definition) is 2. The maximum atomic E-state index is 12.8. The Morgan fingerprint density at radius 2 is 1.76 bits per heavy atom. The molecular formula is C14H15FN2O2S2. The number of nitrogens with one attached hydrogen (secondary N) is 1. The van der Waals surface area contributed by atoms with E-state index >= 15 is 0 Å². The monoisotopic (exact) mass is 326 g/mol. The van der Waals surface area contributed by atoms with E-state index in [-0.39, 0.29) is 5.75 Å². The first kappa shape index (κ1) is 15.7. The van der Waals surface area contributed by atoms with Crippen molar-refractivity contribution in [2.24, 2.45) is 0 Å². The summed E-state index contributed by atoms with van der Waals surface area (Å²) >= 11 is 1.38. The summed E-state index contributed by atoms with van der Waals surface area (Å²) in [5.74, 6) is -0.0817. The number of benzene rings is 2. The molecule has 4 nitrogen and oxygen atoms in total. The lowest BCUT2D eigenvalue weighted by Crippen LogP contribution is -2.18. The van der Waals surface area contributed by atoms with E-state index in [1.54, 1.807) is 6.07 Å². The van der Waals surface area contributed by atoms with Crippen LogP contribution < -0.4 is 10.5 Å². The molecular weight excluding hydrogens is 311 g/mol. The van der Waals surface area contributed by atoms with Crippen LogP contribution in [0.2, 0.25) is 0 Å². The Kier molecular flexibility index (Phi) is 5.08. The summed E-state index contributed by atoms with van der Waals surface area (Å²) in [5.41, 5.74) is 6.77. The van der Waals surface area contributed by atoms with Gasteiger partial charge in [0.25, 0.3) is 0 Å². The largest absolute Gasteiger partial charge is 0.398 e. The molecule has 0 saturated carbocycles. The zero-order chi connectivity index (χ0) is 15.3. The Labute approximate surface area is 127 Å². The fraction of sp³-hybridized carbons (Fsp3) is 0.143. The van der Waals surface area contributed by atoms with Crippen molar-refractivity contribution >= 4 is 33.2 Å². The number of thioether (sulfide) groups is 1. The second-order valence-corrected chi connectivity index (χ2v) is 7.29. The molecule has 0 heterocycles. The third-order valence-electron chi connectivity index (χ3n) is 2.65. The van der Waals surface area contributed by atoms with Crippen LogP contribution in [0.4, 0.5) is 15.8 Å². The smallest absolute Gasteiger partial charge is 0.233 e. The summed E-state index contributed by atoms with van der Waals surface area (Å²) in [6.45, 7) is 0. The third kappa shape index (κ3) is 4.95. The number of hydrogen-bond acceptors (Lipinski definition) is 4. The average molecular weight is 326 g/mol. The molecule has 2 rings (SSSR count). The van der Waals surface area contributed by atoms with Gasteiger partial charge in [-0.3, -0.25) is 4.72 Å². The van der Waals surface area contributed by atoms with Crippen LogP contribution in [0.25, 0.3) is 0 Å². The van der Waals surface area contributed by atoms with E-state index in [1.165, 1.54) is 36.0 Å². The van der Waals surface area contributed by atoms with Crippen LogP contribution in [-0.4, -0.2) is 19.9 Å². The van der Waals surface area contributed by atoms with Crippen LogP contribution in [0, 0.1) is 5.82 Å². The molecule has 0 bridgehead atoms. The molecule has 0 spiro atoms. The van der Waals surface area contributed by atoms with Gasteiger partial charge >= 0.3 is 0 Å². The topological polar surface area (TPSA) is 72.2 Å². The molecule has 21 heavy (non-hydrogen) atoms. The first-order valence-corrected chi connectivity index (χ1v) is 8.83. The van der Waals surface area contributed by atoms with E-state index in [1.807, 2.05) is 18.2 Å². The number of halogens is 1. The number of nitrogens with two attached hydrogens (primary N) is 1. The van der Waals surface area contributed by atoms with Gasteiger partial charge in [0.1, 0.15) is 5.82 Å². The molecule has 2 aromatic rings. The SMILES string of the molecule is Nc1ccccc1SCCS(=O)(=O)Nc1ccc(F)cc1. The van der Waals surface area contributed by atoms with Crippen molar-refractivity contribution in [3.63, 3.8) is 0 Å². The molecule has 0 atom stereocenters. The van der Waals surface area contributed by atoms with Gasteiger partial charge in [0, 0.05) is 22.0 Å². The second kappa shape index (κ2) is 6.82. The number of sulfonamides is 1. The molecule has 3 N–H and O–H groups in total. The van der Waals surface area contributed by atoms with Crippen LogP contribution in [0.5, 0.6) is 0 Å². The van der Waals surface area contributed by atoms with Gasteiger partial charge in [-0.05, 0) is 36.4 Å². The fourth-order valence-corrected chi connectivity index (χ4v) is 4.06. The zero-order valence-corrected chi connectivity index (χ0v) is 12.8. The third-order valence-corrected chi connectivity index (χ3v) is 5.28. The van der Waals surface area contributed by atoms with E-state index in [4.69, 9.17) is 5.73 Å². The Balaban J connectivity index is 1.90. The molecule has 0 fully saturated rings. The summed E-state index contributed by atoms with van der Waals surface area (Å²) in [5, 5.41) is 0. The van der Waals surface area contributed by atoms with Crippen molar-refractivity contribution in [1.82, 2.24) is 0 Å². The van der Waals surface area contributed by atoms with Gasteiger partial charge in [0.2, 0.25) is 10.0 Å². The zero-order valence-electron chi connectivity index (χ0n) is 11.1. The molecule has 0 amide bonds. The highest BCUT2D eigenvalue weighted by molar-refractivity contribution is 8.01. The van der Waals surface area contributed by atoms with Crippen LogP contribution in [-0.2, 0) is 10.0 Å². The fourth-order valence-electron chi connectivity index (χ4n) is 1.62. The highest BCUT2D eigenvalue weighted by atomic mass is 32.2. The summed E-state index contributed by atoms with van der Waals surface area (Å²) < 4.78 is 39.0. The van der Waals surface area contributed by atoms with Gasteiger partial charge in [0.05, 0.1) is 5.75 Å². The molecule has 0 saturated heterocycles. The molecule has 112 valence electrons. The van der Waals surface area contributed by atoms with E-state index in [9.17, 15) is 12.8 Å². The van der Waals surface area contributed by atoms with Gasteiger partial charge in [-0.15, -0.1) is 11.8 Å². The summed E-state index contributed by atoms with van der Waals surface area (Å²) in [6.07, 6.45) is 0. The van der Waals surface area contributed by atoms with Crippen molar-refractivity contribution in [2.75, 3.05) is 22.0 Å². The van der Waals surface area contributed by atoms with Crippen molar-refractivity contribution < 1.29 is 12.8 Å². The Hall–Kier alpha value is -1.73. The molecule has 0 aliphatic rings. The highest BCUT2D eigenvalue weighted by Gasteiger charge is 2.11. The number of rotatable bonds is 6. The van der Waals surface area contributed by atoms with E-state index in [0.29, 0.717) is 17.1 Å². The molecule has 0 aliphatic carbocycles. The second-order valence-electron chi connectivity index (χ2n) is 4.31. The first-order valence-electron chi connectivity index (χ1n) is 6.20. The Morgan fingerprint density at radius 3 is 2.43 bits per heavy atom. The van der Waals surface area contributed by atoms with Crippen LogP contribution in [0.1, 0.15) is 0 Å². The Bertz CT molecular complexity index is 703. The maximum absolute atomic E-state index is 12.8. The molecule has 0 aromatic heterocycles. The molecule has 2 aromatic carbocycles. The van der Waals surface area contributed by atoms with E-state index in [2.05, 4.69) is 4.72 Å². The predicted molar refractivity (Wildman–Crippen MR) is 85.4 cm³/mol. The van der Waals surface area contributed by atoms with Gasteiger partial charge in [0.15, 0.2) is 0 Å². The van der Waals surface area contributed by atoms with E-state index < -0.39 is 15.8 Å². The van der Waals surface area contributed by atoms with Crippen molar-refractivity contribution in [2.45, 2.75) is 4.90 Å². The minimum Gasteiger partial charge on any atom is -0.398 e. The quantitative estimate of drug-likeness (QED) is 0.632. The molecule has 0 aliphatic heterocycles. The summed E-state index contributed by atoms with van der Waals surface area (Å²) in [6, 6.07) is 12.5. The maximum Gasteiger partial charge on any atom is 0.233 e. The first-order chi connectivity index (χ1) is 9.96. The lowest BCUT2D eigenvalue weighted by atomic mass is 10.3. The average Bonchev–Trinajstić information content (AvgIpc) is 2.43. The standard InChI is InChI=1S/C14H15FN2O2S2/c15-11-5-7-12(8-6-11)17-21(18,19)10-9-20-14-4-2-1-3-13(14)16/h1-8,17H,9-10,16H2. The van der Waals surface area contributed by atoms with Gasteiger partial charge < -0.3 is 5.73 Å². The number of nitrogen functional groups attached to an aromatic ring is 1. The van der Waals surface area contributed by atoms with Gasteiger partial charge in [-0.2, -0.15) is 0 Å². The van der Waals surface area contributed by atoms with Crippen molar-refractivity contribution in [3.8, 4) is 0 Å². The lowest BCUT2D eigenvalue weighted by molar-refractivity contribution is 0.602. The summed E-state index contributed by atoms with van der Waals surface area (Å²) in [7, 11) is -3.46. The van der Waals surface area contributed by atoms with Crippen LogP contribution in [0.3, 0.4) is 0 Å². The Morgan fingerprint density at radius 1 is 1.10 bits per heavy atom. The normalized spacial score (nSPS) is 11.3.